The van der Waals surface area contributed by atoms with Crippen molar-refractivity contribution in [3.05, 3.63) is 22.8 Å². The molecule has 4 aliphatic rings. The fourth-order valence-corrected chi connectivity index (χ4v) is 8.79. The summed E-state index contributed by atoms with van der Waals surface area (Å²) in [6.45, 7) is 20.5. The first-order valence-electron chi connectivity index (χ1n) is 14.5. The maximum atomic E-state index is 8.80. The monoisotopic (exact) mass is 472 g/mol. The highest BCUT2D eigenvalue weighted by molar-refractivity contribution is 5.23. The highest BCUT2D eigenvalue weighted by Crippen LogP contribution is 2.64. The van der Waals surface area contributed by atoms with Crippen molar-refractivity contribution in [3.8, 4) is 0 Å². The SMILES string of the molecule is CC1(C)CCCC2(C)C1CCC1(C)OCCC12.CC1=C(CC/C(C)=C/CCO)C(C)(C)CCC1. The van der Waals surface area contributed by atoms with Crippen LogP contribution in [0.25, 0.3) is 0 Å². The van der Waals surface area contributed by atoms with Gasteiger partial charge in [0.2, 0.25) is 0 Å². The molecule has 2 saturated carbocycles. The van der Waals surface area contributed by atoms with Crippen molar-refractivity contribution in [1.29, 1.82) is 0 Å². The van der Waals surface area contributed by atoms with Crippen molar-refractivity contribution in [1.82, 2.24) is 0 Å². The number of hydrogen-bond acceptors (Lipinski definition) is 2. The first kappa shape index (κ1) is 28.0. The van der Waals surface area contributed by atoms with E-state index in [1.54, 1.807) is 11.1 Å². The molecule has 3 aliphatic carbocycles. The number of aliphatic hydroxyl groups excluding tert-OH is 1. The van der Waals surface area contributed by atoms with Crippen molar-refractivity contribution >= 4 is 0 Å². The second-order valence-electron chi connectivity index (χ2n) is 14.0. The van der Waals surface area contributed by atoms with Gasteiger partial charge in [-0.1, -0.05) is 63.8 Å². The predicted octanol–water partition coefficient (Wildman–Crippen LogP) is 9.03. The van der Waals surface area contributed by atoms with Gasteiger partial charge in [-0.15, -0.1) is 0 Å². The van der Waals surface area contributed by atoms with Crippen LogP contribution in [0.3, 0.4) is 0 Å². The number of allylic oxidation sites excluding steroid dienone is 3. The van der Waals surface area contributed by atoms with E-state index in [-0.39, 0.29) is 12.2 Å². The molecule has 0 aromatic carbocycles. The van der Waals surface area contributed by atoms with Gasteiger partial charge in [0.15, 0.2) is 0 Å². The maximum Gasteiger partial charge on any atom is 0.0688 e. The van der Waals surface area contributed by atoms with E-state index in [9.17, 15) is 0 Å². The maximum absolute atomic E-state index is 8.80. The van der Waals surface area contributed by atoms with Crippen LogP contribution in [0.15, 0.2) is 22.8 Å². The Morgan fingerprint density at radius 1 is 0.971 bits per heavy atom. The van der Waals surface area contributed by atoms with Crippen molar-refractivity contribution < 1.29 is 9.84 Å². The lowest BCUT2D eigenvalue weighted by Gasteiger charge is -2.60. The summed E-state index contributed by atoms with van der Waals surface area (Å²) < 4.78 is 6.13. The third-order valence-electron chi connectivity index (χ3n) is 10.7. The standard InChI is InChI=1S/2C16H28O/c1-14(2)8-5-9-15(3)12(14)6-10-16(4)13(15)7-11-17-16;1-13(7-6-12-17)9-10-15-14(2)8-5-11-16(15,3)4/h12-13H,5-11H2,1-4H3;7,17H,5-6,8-12H2,1-4H3/b;13-7+. The van der Waals surface area contributed by atoms with Crippen LogP contribution in [0, 0.1) is 28.1 Å². The summed E-state index contributed by atoms with van der Waals surface area (Å²) in [5.41, 5.74) is 6.43. The zero-order valence-electron chi connectivity index (χ0n) is 24.0. The van der Waals surface area contributed by atoms with Gasteiger partial charge >= 0.3 is 0 Å². The summed E-state index contributed by atoms with van der Waals surface area (Å²) in [6.07, 6.45) is 17.6. The highest BCUT2D eigenvalue weighted by Gasteiger charge is 2.60. The molecule has 4 rings (SSSR count). The van der Waals surface area contributed by atoms with Crippen molar-refractivity contribution in [2.24, 2.45) is 28.1 Å². The molecule has 1 aliphatic heterocycles. The predicted molar refractivity (Wildman–Crippen MR) is 146 cm³/mol. The minimum atomic E-state index is 0.207. The Hall–Kier alpha value is -0.600. The summed E-state index contributed by atoms with van der Waals surface area (Å²) >= 11 is 0. The van der Waals surface area contributed by atoms with E-state index < -0.39 is 0 Å². The lowest BCUT2D eigenvalue weighted by Crippen LogP contribution is -2.55. The van der Waals surface area contributed by atoms with E-state index in [0.717, 1.165) is 31.3 Å². The molecular formula is C32H56O2. The molecule has 0 aromatic rings. The molecule has 2 nitrogen and oxygen atoms in total. The van der Waals surface area contributed by atoms with Gasteiger partial charge in [-0.05, 0) is 119 Å². The van der Waals surface area contributed by atoms with Crippen LogP contribution >= 0.6 is 0 Å². The van der Waals surface area contributed by atoms with Crippen LogP contribution in [0.5, 0.6) is 0 Å². The molecule has 0 radical (unpaired) electrons. The van der Waals surface area contributed by atoms with E-state index in [1.165, 1.54) is 69.8 Å². The minimum absolute atomic E-state index is 0.207. The lowest BCUT2D eigenvalue weighted by atomic mass is 9.46. The lowest BCUT2D eigenvalue weighted by molar-refractivity contribution is -0.147. The Morgan fingerprint density at radius 2 is 1.71 bits per heavy atom. The minimum Gasteiger partial charge on any atom is -0.396 e. The Morgan fingerprint density at radius 3 is 2.38 bits per heavy atom. The van der Waals surface area contributed by atoms with Gasteiger partial charge in [0.05, 0.1) is 5.60 Å². The first-order chi connectivity index (χ1) is 15.9. The average molecular weight is 473 g/mol. The Labute approximate surface area is 212 Å². The molecule has 34 heavy (non-hydrogen) atoms. The summed E-state index contributed by atoms with van der Waals surface area (Å²) in [4.78, 5) is 0. The zero-order valence-corrected chi connectivity index (χ0v) is 24.0. The Bertz CT molecular complexity index is 753. The normalized spacial score (nSPS) is 36.9. The number of aliphatic hydroxyl groups is 1. The fraction of sp³-hybridized carbons (Fsp3) is 0.875. The van der Waals surface area contributed by atoms with E-state index in [1.807, 2.05) is 0 Å². The summed E-state index contributed by atoms with van der Waals surface area (Å²) in [6, 6.07) is 0. The largest absolute Gasteiger partial charge is 0.396 e. The van der Waals surface area contributed by atoms with Gasteiger partial charge < -0.3 is 9.84 Å². The van der Waals surface area contributed by atoms with E-state index in [0.29, 0.717) is 16.2 Å². The van der Waals surface area contributed by atoms with Crippen LogP contribution in [-0.2, 0) is 4.74 Å². The molecule has 2 heteroatoms. The second-order valence-corrected chi connectivity index (χ2v) is 14.0. The van der Waals surface area contributed by atoms with Gasteiger partial charge in [0.1, 0.15) is 0 Å². The van der Waals surface area contributed by atoms with Crippen molar-refractivity contribution in [3.63, 3.8) is 0 Å². The number of fused-ring (bicyclic) bond motifs is 3. The molecular weight excluding hydrogens is 416 g/mol. The van der Waals surface area contributed by atoms with Gasteiger partial charge in [-0.2, -0.15) is 0 Å². The highest BCUT2D eigenvalue weighted by atomic mass is 16.5. The molecule has 4 unspecified atom stereocenters. The van der Waals surface area contributed by atoms with Crippen LogP contribution in [0.1, 0.15) is 132 Å². The molecule has 1 N–H and O–H groups in total. The second kappa shape index (κ2) is 10.8. The number of ether oxygens (including phenoxy) is 1. The quantitative estimate of drug-likeness (QED) is 0.404. The van der Waals surface area contributed by atoms with Crippen molar-refractivity contribution in [2.75, 3.05) is 13.2 Å². The third-order valence-corrected chi connectivity index (χ3v) is 10.7. The van der Waals surface area contributed by atoms with Gasteiger partial charge in [-0.25, -0.2) is 0 Å². The molecule has 1 heterocycles. The number of hydrogen-bond donors (Lipinski definition) is 1. The molecule has 3 fully saturated rings. The molecule has 0 spiro atoms. The molecule has 0 aromatic heterocycles. The van der Waals surface area contributed by atoms with Gasteiger partial charge in [0, 0.05) is 13.2 Å². The van der Waals surface area contributed by atoms with Crippen LogP contribution in [0.2, 0.25) is 0 Å². The topological polar surface area (TPSA) is 29.5 Å². The zero-order chi connectivity index (χ0) is 25.2. The molecule has 0 bridgehead atoms. The molecule has 0 amide bonds. The third kappa shape index (κ3) is 5.86. The summed E-state index contributed by atoms with van der Waals surface area (Å²) in [7, 11) is 0. The van der Waals surface area contributed by atoms with Crippen molar-refractivity contribution in [2.45, 2.75) is 138 Å². The first-order valence-corrected chi connectivity index (χ1v) is 14.5. The molecule has 4 atom stereocenters. The Kier molecular flexibility index (Phi) is 8.88. The van der Waals surface area contributed by atoms with Crippen LogP contribution < -0.4 is 0 Å². The molecule has 1 saturated heterocycles. The van der Waals surface area contributed by atoms with E-state index in [2.05, 4.69) is 61.5 Å². The Balaban J connectivity index is 0.000000191. The fourth-order valence-electron chi connectivity index (χ4n) is 8.79. The van der Waals surface area contributed by atoms with E-state index >= 15 is 0 Å². The van der Waals surface area contributed by atoms with Gasteiger partial charge in [-0.3, -0.25) is 0 Å². The number of rotatable bonds is 5. The van der Waals surface area contributed by atoms with E-state index in [4.69, 9.17) is 9.84 Å². The van der Waals surface area contributed by atoms with Crippen LogP contribution in [0.4, 0.5) is 0 Å². The summed E-state index contributed by atoms with van der Waals surface area (Å²) in [5, 5.41) is 8.80. The van der Waals surface area contributed by atoms with Gasteiger partial charge in [0.25, 0.3) is 0 Å². The average Bonchev–Trinajstić information content (AvgIpc) is 3.14. The van der Waals surface area contributed by atoms with Crippen LogP contribution in [-0.4, -0.2) is 23.9 Å². The smallest absolute Gasteiger partial charge is 0.0688 e. The molecule has 196 valence electrons. The summed E-state index contributed by atoms with van der Waals surface area (Å²) in [5.74, 6) is 1.73.